The van der Waals surface area contributed by atoms with Crippen molar-refractivity contribution in [3.63, 3.8) is 0 Å². The van der Waals surface area contributed by atoms with Gasteiger partial charge in [-0.25, -0.2) is 0 Å². The third-order valence-electron chi connectivity index (χ3n) is 3.42. The van der Waals surface area contributed by atoms with Crippen LogP contribution in [0, 0.1) is 0 Å². The van der Waals surface area contributed by atoms with Gasteiger partial charge < -0.3 is 9.80 Å². The number of carbonyl (C=O) groups is 2. The number of halogens is 1. The number of hydrogen-bond acceptors (Lipinski definition) is 3. The SMILES string of the molecule is CC(=O)c1ccc(N2CCN(C(C)=O)CC2)c(Br)c1. The van der Waals surface area contributed by atoms with Crippen molar-refractivity contribution < 1.29 is 9.59 Å². The molecule has 0 unspecified atom stereocenters. The zero-order chi connectivity index (χ0) is 14.0. The number of nitrogens with zero attached hydrogens (tertiary/aromatic N) is 2. The molecule has 1 aliphatic heterocycles. The lowest BCUT2D eigenvalue weighted by molar-refractivity contribution is -0.129. The first-order valence-electron chi connectivity index (χ1n) is 6.30. The van der Waals surface area contributed by atoms with Crippen molar-refractivity contribution in [3.05, 3.63) is 28.2 Å². The van der Waals surface area contributed by atoms with E-state index in [9.17, 15) is 9.59 Å². The molecule has 2 rings (SSSR count). The topological polar surface area (TPSA) is 40.6 Å². The molecule has 0 N–H and O–H groups in total. The number of anilines is 1. The van der Waals surface area contributed by atoms with E-state index in [4.69, 9.17) is 0 Å². The summed E-state index contributed by atoms with van der Waals surface area (Å²) in [6, 6.07) is 5.67. The van der Waals surface area contributed by atoms with Gasteiger partial charge in [0, 0.05) is 43.1 Å². The number of carbonyl (C=O) groups excluding carboxylic acids is 2. The highest BCUT2D eigenvalue weighted by atomic mass is 79.9. The third kappa shape index (κ3) is 3.15. The number of Topliss-reactive ketones (excluding diaryl/α,β-unsaturated/α-hetero) is 1. The Balaban J connectivity index is 2.11. The zero-order valence-electron chi connectivity index (χ0n) is 11.1. The second kappa shape index (κ2) is 5.74. The summed E-state index contributed by atoms with van der Waals surface area (Å²) < 4.78 is 0.927. The van der Waals surface area contributed by atoms with Crippen LogP contribution in [0.1, 0.15) is 24.2 Å². The van der Waals surface area contributed by atoms with E-state index in [2.05, 4.69) is 20.8 Å². The number of rotatable bonds is 2. The molecular formula is C14H17BrN2O2. The van der Waals surface area contributed by atoms with E-state index in [0.29, 0.717) is 5.56 Å². The minimum Gasteiger partial charge on any atom is -0.367 e. The Morgan fingerprint density at radius 2 is 1.74 bits per heavy atom. The monoisotopic (exact) mass is 324 g/mol. The highest BCUT2D eigenvalue weighted by Gasteiger charge is 2.20. The molecule has 0 radical (unpaired) electrons. The lowest BCUT2D eigenvalue weighted by atomic mass is 10.1. The summed E-state index contributed by atoms with van der Waals surface area (Å²) in [5.41, 5.74) is 1.78. The van der Waals surface area contributed by atoms with Crippen LogP contribution in [0.25, 0.3) is 0 Å². The van der Waals surface area contributed by atoms with E-state index >= 15 is 0 Å². The Bertz CT molecular complexity index is 508. The standard InChI is InChI=1S/C14H17BrN2O2/c1-10(18)12-3-4-14(13(15)9-12)17-7-5-16(6-8-17)11(2)19/h3-4,9H,5-8H2,1-2H3. The van der Waals surface area contributed by atoms with Crippen LogP contribution < -0.4 is 4.90 Å². The van der Waals surface area contributed by atoms with Gasteiger partial charge in [-0.2, -0.15) is 0 Å². The second-order valence-electron chi connectivity index (χ2n) is 4.72. The Kier molecular flexibility index (Phi) is 4.24. The van der Waals surface area contributed by atoms with Crippen molar-refractivity contribution in [1.29, 1.82) is 0 Å². The van der Waals surface area contributed by atoms with E-state index in [1.807, 2.05) is 23.1 Å². The van der Waals surface area contributed by atoms with E-state index in [0.717, 1.165) is 36.3 Å². The van der Waals surface area contributed by atoms with Crippen LogP contribution in [-0.4, -0.2) is 42.8 Å². The number of amides is 1. The smallest absolute Gasteiger partial charge is 0.219 e. The van der Waals surface area contributed by atoms with Crippen molar-refractivity contribution >= 4 is 33.3 Å². The zero-order valence-corrected chi connectivity index (χ0v) is 12.7. The number of piperazine rings is 1. The molecule has 0 atom stereocenters. The summed E-state index contributed by atoms with van der Waals surface area (Å²) >= 11 is 3.52. The van der Waals surface area contributed by atoms with Gasteiger partial charge in [-0.05, 0) is 41.1 Å². The fraction of sp³-hybridized carbons (Fsp3) is 0.429. The van der Waals surface area contributed by atoms with Crippen LogP contribution in [0.15, 0.2) is 22.7 Å². The highest BCUT2D eigenvalue weighted by molar-refractivity contribution is 9.10. The first-order chi connectivity index (χ1) is 8.99. The van der Waals surface area contributed by atoms with E-state index in [-0.39, 0.29) is 11.7 Å². The lowest BCUT2D eigenvalue weighted by Gasteiger charge is -2.36. The van der Waals surface area contributed by atoms with Crippen molar-refractivity contribution in [2.24, 2.45) is 0 Å². The van der Waals surface area contributed by atoms with Gasteiger partial charge in [0.2, 0.25) is 5.91 Å². The summed E-state index contributed by atoms with van der Waals surface area (Å²) in [6.45, 7) is 6.29. The number of ketones is 1. The predicted octanol–water partition coefficient (Wildman–Crippen LogP) is 2.32. The fourth-order valence-electron chi connectivity index (χ4n) is 2.24. The van der Waals surface area contributed by atoms with Gasteiger partial charge in [-0.1, -0.05) is 0 Å². The van der Waals surface area contributed by atoms with E-state index < -0.39 is 0 Å². The second-order valence-corrected chi connectivity index (χ2v) is 5.57. The van der Waals surface area contributed by atoms with E-state index in [1.54, 1.807) is 13.8 Å². The Labute approximate surface area is 121 Å². The largest absolute Gasteiger partial charge is 0.367 e. The minimum atomic E-state index is 0.0636. The van der Waals surface area contributed by atoms with Crippen LogP contribution >= 0.6 is 15.9 Å². The molecule has 1 aromatic carbocycles. The summed E-state index contributed by atoms with van der Waals surface area (Å²) in [7, 11) is 0. The molecule has 0 bridgehead atoms. The first-order valence-corrected chi connectivity index (χ1v) is 7.09. The van der Waals surface area contributed by atoms with Crippen molar-refractivity contribution in [1.82, 2.24) is 4.90 Å². The maximum Gasteiger partial charge on any atom is 0.219 e. The first kappa shape index (κ1) is 14.1. The van der Waals surface area contributed by atoms with E-state index in [1.165, 1.54) is 0 Å². The number of hydrogen-bond donors (Lipinski definition) is 0. The molecule has 1 amide bonds. The Morgan fingerprint density at radius 3 is 2.21 bits per heavy atom. The van der Waals surface area contributed by atoms with Crippen molar-refractivity contribution in [2.45, 2.75) is 13.8 Å². The summed E-state index contributed by atoms with van der Waals surface area (Å²) in [4.78, 5) is 26.7. The summed E-state index contributed by atoms with van der Waals surface area (Å²) in [5, 5.41) is 0. The normalized spacial score (nSPS) is 15.5. The van der Waals surface area contributed by atoms with Crippen molar-refractivity contribution in [2.75, 3.05) is 31.1 Å². The molecule has 1 saturated heterocycles. The third-order valence-corrected chi connectivity index (χ3v) is 4.06. The number of benzene rings is 1. The lowest BCUT2D eigenvalue weighted by Crippen LogP contribution is -2.48. The molecule has 0 aromatic heterocycles. The molecule has 1 aliphatic rings. The average Bonchev–Trinajstić information content (AvgIpc) is 2.38. The maximum absolute atomic E-state index is 11.3. The summed E-state index contributed by atoms with van der Waals surface area (Å²) in [6.07, 6.45) is 0. The van der Waals surface area contributed by atoms with Crippen LogP contribution in [0.5, 0.6) is 0 Å². The van der Waals surface area contributed by atoms with Gasteiger partial charge >= 0.3 is 0 Å². The average molecular weight is 325 g/mol. The van der Waals surface area contributed by atoms with Gasteiger partial charge in [-0.15, -0.1) is 0 Å². The minimum absolute atomic E-state index is 0.0636. The molecule has 4 nitrogen and oxygen atoms in total. The molecule has 1 heterocycles. The molecule has 1 aromatic rings. The van der Waals surface area contributed by atoms with Gasteiger partial charge in [0.05, 0.1) is 5.69 Å². The van der Waals surface area contributed by atoms with Crippen LogP contribution in [0.2, 0.25) is 0 Å². The molecule has 102 valence electrons. The van der Waals surface area contributed by atoms with Crippen molar-refractivity contribution in [3.8, 4) is 0 Å². The van der Waals surface area contributed by atoms with Gasteiger partial charge in [0.15, 0.2) is 5.78 Å². The Hall–Kier alpha value is -1.36. The van der Waals surface area contributed by atoms with Gasteiger partial charge in [0.25, 0.3) is 0 Å². The molecule has 1 fully saturated rings. The molecule has 19 heavy (non-hydrogen) atoms. The highest BCUT2D eigenvalue weighted by Crippen LogP contribution is 2.28. The molecule has 5 heteroatoms. The van der Waals surface area contributed by atoms with Crippen LogP contribution in [0.3, 0.4) is 0 Å². The molecule has 0 aliphatic carbocycles. The maximum atomic E-state index is 11.3. The summed E-state index contributed by atoms with van der Waals surface area (Å²) in [5.74, 6) is 0.194. The predicted molar refractivity (Wildman–Crippen MR) is 78.6 cm³/mol. The molecular weight excluding hydrogens is 308 g/mol. The Morgan fingerprint density at radius 1 is 1.11 bits per heavy atom. The van der Waals surface area contributed by atoms with Crippen LogP contribution in [-0.2, 0) is 4.79 Å². The molecule has 0 spiro atoms. The fourth-order valence-corrected chi connectivity index (χ4v) is 2.87. The van der Waals surface area contributed by atoms with Gasteiger partial charge in [0.1, 0.15) is 0 Å². The van der Waals surface area contributed by atoms with Gasteiger partial charge in [-0.3, -0.25) is 9.59 Å². The molecule has 0 saturated carbocycles. The van der Waals surface area contributed by atoms with Crippen LogP contribution in [0.4, 0.5) is 5.69 Å². The quantitative estimate of drug-likeness (QED) is 0.784.